The maximum atomic E-state index is 11.0. The van der Waals surface area contributed by atoms with Crippen molar-refractivity contribution in [2.75, 3.05) is 6.61 Å². The molecular weight excluding hydrogens is 188 g/mol. The molecule has 0 unspecified atom stereocenters. The summed E-state index contributed by atoms with van der Waals surface area (Å²) in [6.07, 6.45) is 2.60. The fraction of sp³-hybridized carbons (Fsp3) is 0.308. The normalized spacial score (nSPS) is 9.67. The van der Waals surface area contributed by atoms with Gasteiger partial charge >= 0.3 is 5.97 Å². The number of esters is 1. The first kappa shape index (κ1) is 11.5. The van der Waals surface area contributed by atoms with Gasteiger partial charge in [-0.25, -0.2) is 0 Å². The SMILES string of the molecule is C=CCC(=O)OCCc1ccc(C)cc1. The Morgan fingerprint density at radius 1 is 1.40 bits per heavy atom. The van der Waals surface area contributed by atoms with Gasteiger partial charge in [-0.3, -0.25) is 4.79 Å². The summed E-state index contributed by atoms with van der Waals surface area (Å²) in [4.78, 5) is 11.0. The standard InChI is InChI=1S/C13H16O2/c1-3-4-13(14)15-10-9-12-7-5-11(2)6-8-12/h3,5-8H,1,4,9-10H2,2H3. The third-order valence-corrected chi connectivity index (χ3v) is 2.09. The fourth-order valence-electron chi connectivity index (χ4n) is 1.21. The van der Waals surface area contributed by atoms with Crippen LogP contribution in [0.5, 0.6) is 0 Å². The van der Waals surface area contributed by atoms with E-state index in [1.54, 1.807) is 6.08 Å². The molecule has 80 valence electrons. The van der Waals surface area contributed by atoms with Crippen LogP contribution < -0.4 is 0 Å². The van der Waals surface area contributed by atoms with Crippen LogP contribution in [-0.2, 0) is 16.0 Å². The molecule has 1 aromatic carbocycles. The summed E-state index contributed by atoms with van der Waals surface area (Å²) in [5, 5.41) is 0. The Kier molecular flexibility index (Phi) is 4.61. The molecule has 0 aliphatic rings. The average Bonchev–Trinajstić information content (AvgIpc) is 2.21. The van der Waals surface area contributed by atoms with E-state index < -0.39 is 0 Å². The summed E-state index contributed by atoms with van der Waals surface area (Å²) in [6, 6.07) is 8.22. The topological polar surface area (TPSA) is 26.3 Å². The van der Waals surface area contributed by atoms with Gasteiger partial charge in [0.05, 0.1) is 13.0 Å². The Morgan fingerprint density at radius 2 is 2.07 bits per heavy atom. The van der Waals surface area contributed by atoms with Crippen molar-refractivity contribution in [3.05, 3.63) is 48.0 Å². The second-order valence-electron chi connectivity index (χ2n) is 3.45. The van der Waals surface area contributed by atoms with E-state index in [0.29, 0.717) is 6.61 Å². The molecule has 0 aromatic heterocycles. The molecule has 2 nitrogen and oxygen atoms in total. The molecule has 0 aliphatic heterocycles. The second kappa shape index (κ2) is 6.02. The van der Waals surface area contributed by atoms with Crippen molar-refractivity contribution in [1.82, 2.24) is 0 Å². The summed E-state index contributed by atoms with van der Waals surface area (Å²) < 4.78 is 5.01. The molecule has 0 atom stereocenters. The summed E-state index contributed by atoms with van der Waals surface area (Å²) in [7, 11) is 0. The van der Waals surface area contributed by atoms with Gasteiger partial charge in [0.2, 0.25) is 0 Å². The number of benzene rings is 1. The molecule has 1 aromatic rings. The summed E-state index contributed by atoms with van der Waals surface area (Å²) in [5.41, 5.74) is 2.43. The zero-order valence-corrected chi connectivity index (χ0v) is 9.03. The Hall–Kier alpha value is -1.57. The highest BCUT2D eigenvalue weighted by Crippen LogP contribution is 2.04. The maximum Gasteiger partial charge on any atom is 0.309 e. The third kappa shape index (κ3) is 4.45. The van der Waals surface area contributed by atoms with Crippen LogP contribution in [-0.4, -0.2) is 12.6 Å². The quantitative estimate of drug-likeness (QED) is 0.544. The number of rotatable bonds is 5. The van der Waals surface area contributed by atoms with Gasteiger partial charge in [-0.2, -0.15) is 0 Å². The number of hydrogen-bond donors (Lipinski definition) is 0. The minimum absolute atomic E-state index is 0.211. The van der Waals surface area contributed by atoms with E-state index in [-0.39, 0.29) is 12.4 Å². The van der Waals surface area contributed by atoms with E-state index in [0.717, 1.165) is 6.42 Å². The lowest BCUT2D eigenvalue weighted by Gasteiger charge is -2.03. The van der Waals surface area contributed by atoms with E-state index in [1.165, 1.54) is 11.1 Å². The van der Waals surface area contributed by atoms with Crippen molar-refractivity contribution in [3.8, 4) is 0 Å². The molecule has 0 N–H and O–H groups in total. The molecule has 0 aliphatic carbocycles. The minimum Gasteiger partial charge on any atom is -0.465 e. The molecule has 0 spiro atoms. The van der Waals surface area contributed by atoms with Gasteiger partial charge in [0, 0.05) is 6.42 Å². The predicted octanol–water partition coefficient (Wildman–Crippen LogP) is 2.66. The molecule has 0 heterocycles. The van der Waals surface area contributed by atoms with Gasteiger partial charge in [0.15, 0.2) is 0 Å². The first-order chi connectivity index (χ1) is 7.22. The largest absolute Gasteiger partial charge is 0.465 e. The van der Waals surface area contributed by atoms with E-state index in [2.05, 4.69) is 30.8 Å². The van der Waals surface area contributed by atoms with E-state index in [1.807, 2.05) is 6.92 Å². The van der Waals surface area contributed by atoms with Crippen LogP contribution in [0.3, 0.4) is 0 Å². The number of ether oxygens (including phenoxy) is 1. The van der Waals surface area contributed by atoms with Crippen LogP contribution >= 0.6 is 0 Å². The highest BCUT2D eigenvalue weighted by molar-refractivity contribution is 5.70. The second-order valence-corrected chi connectivity index (χ2v) is 3.45. The van der Waals surface area contributed by atoms with Crippen LogP contribution in [0.4, 0.5) is 0 Å². The minimum atomic E-state index is -0.211. The Labute approximate surface area is 90.6 Å². The van der Waals surface area contributed by atoms with Crippen LogP contribution in [0.15, 0.2) is 36.9 Å². The Bertz CT molecular complexity index is 325. The molecule has 0 saturated carbocycles. The van der Waals surface area contributed by atoms with E-state index in [4.69, 9.17) is 4.74 Å². The zero-order chi connectivity index (χ0) is 11.1. The summed E-state index contributed by atoms with van der Waals surface area (Å²) >= 11 is 0. The van der Waals surface area contributed by atoms with E-state index in [9.17, 15) is 4.79 Å². The monoisotopic (exact) mass is 204 g/mol. The highest BCUT2D eigenvalue weighted by atomic mass is 16.5. The molecule has 0 saturated heterocycles. The van der Waals surface area contributed by atoms with Gasteiger partial charge in [-0.1, -0.05) is 35.9 Å². The van der Waals surface area contributed by atoms with Crippen molar-refractivity contribution in [2.45, 2.75) is 19.8 Å². The first-order valence-electron chi connectivity index (χ1n) is 5.04. The van der Waals surface area contributed by atoms with Crippen LogP contribution in [0.25, 0.3) is 0 Å². The molecular formula is C13H16O2. The molecule has 0 bridgehead atoms. The summed E-state index contributed by atoms with van der Waals surface area (Å²) in [6.45, 7) is 5.97. The van der Waals surface area contributed by atoms with Gasteiger partial charge < -0.3 is 4.74 Å². The smallest absolute Gasteiger partial charge is 0.309 e. The number of hydrogen-bond acceptors (Lipinski definition) is 2. The lowest BCUT2D eigenvalue weighted by Crippen LogP contribution is -2.06. The summed E-state index contributed by atoms with van der Waals surface area (Å²) in [5.74, 6) is -0.211. The van der Waals surface area contributed by atoms with Gasteiger partial charge in [-0.05, 0) is 12.5 Å². The average molecular weight is 204 g/mol. The van der Waals surface area contributed by atoms with Gasteiger partial charge in [-0.15, -0.1) is 6.58 Å². The van der Waals surface area contributed by atoms with Crippen molar-refractivity contribution < 1.29 is 9.53 Å². The number of aryl methyl sites for hydroxylation is 1. The van der Waals surface area contributed by atoms with Crippen LogP contribution in [0.2, 0.25) is 0 Å². The molecule has 0 radical (unpaired) electrons. The third-order valence-electron chi connectivity index (χ3n) is 2.09. The van der Waals surface area contributed by atoms with Gasteiger partial charge in [0.1, 0.15) is 0 Å². The van der Waals surface area contributed by atoms with E-state index >= 15 is 0 Å². The van der Waals surface area contributed by atoms with Crippen molar-refractivity contribution in [3.63, 3.8) is 0 Å². The van der Waals surface area contributed by atoms with Crippen molar-refractivity contribution >= 4 is 5.97 Å². The predicted molar refractivity (Wildman–Crippen MR) is 60.7 cm³/mol. The zero-order valence-electron chi connectivity index (χ0n) is 9.03. The number of carbonyl (C=O) groups excluding carboxylic acids is 1. The van der Waals surface area contributed by atoms with Crippen LogP contribution in [0, 0.1) is 6.92 Å². The highest BCUT2D eigenvalue weighted by Gasteiger charge is 1.99. The number of carbonyl (C=O) groups is 1. The van der Waals surface area contributed by atoms with Gasteiger partial charge in [0.25, 0.3) is 0 Å². The molecule has 0 amide bonds. The lowest BCUT2D eigenvalue weighted by atomic mass is 10.1. The van der Waals surface area contributed by atoms with Crippen LogP contribution in [0.1, 0.15) is 17.5 Å². The molecule has 15 heavy (non-hydrogen) atoms. The fourth-order valence-corrected chi connectivity index (χ4v) is 1.21. The Morgan fingerprint density at radius 3 is 2.67 bits per heavy atom. The van der Waals surface area contributed by atoms with Crippen molar-refractivity contribution in [2.24, 2.45) is 0 Å². The lowest BCUT2D eigenvalue weighted by molar-refractivity contribution is -0.142. The molecule has 2 heteroatoms. The first-order valence-corrected chi connectivity index (χ1v) is 5.04. The maximum absolute atomic E-state index is 11.0. The van der Waals surface area contributed by atoms with Crippen molar-refractivity contribution in [1.29, 1.82) is 0 Å². The Balaban J connectivity index is 2.28. The molecule has 0 fully saturated rings. The molecule has 1 rings (SSSR count).